The Kier molecular flexibility index (Phi) is 4.80. The minimum atomic E-state index is -0.304. The summed E-state index contributed by atoms with van der Waals surface area (Å²) in [6.07, 6.45) is 0.627. The Morgan fingerprint density at radius 1 is 1.23 bits per heavy atom. The summed E-state index contributed by atoms with van der Waals surface area (Å²) in [5.41, 5.74) is 2.50. The number of anilines is 1. The Bertz CT molecular complexity index is 609. The van der Waals surface area contributed by atoms with Crippen molar-refractivity contribution in [2.24, 2.45) is 0 Å². The lowest BCUT2D eigenvalue weighted by Crippen LogP contribution is -2.26. The molecule has 1 aromatic carbocycles. The summed E-state index contributed by atoms with van der Waals surface area (Å²) in [6, 6.07) is 3.70. The first-order valence-electron chi connectivity index (χ1n) is 6.97. The first-order chi connectivity index (χ1) is 10.5. The molecule has 6 nitrogen and oxygen atoms in total. The lowest BCUT2D eigenvalue weighted by atomic mass is 9.94. The zero-order valence-electron chi connectivity index (χ0n) is 13.3. The van der Waals surface area contributed by atoms with Gasteiger partial charge in [-0.15, -0.1) is 0 Å². The smallest absolute Gasteiger partial charge is 0.305 e. The number of carbonyl (C=O) groups excluding carboxylic acids is 1. The topological polar surface area (TPSA) is 68.2 Å². The van der Waals surface area contributed by atoms with Gasteiger partial charge in [-0.25, -0.2) is 0 Å². The van der Waals surface area contributed by atoms with Crippen molar-refractivity contribution in [3.8, 4) is 11.5 Å². The van der Waals surface area contributed by atoms with E-state index in [0.717, 1.165) is 16.8 Å². The van der Waals surface area contributed by atoms with E-state index in [0.29, 0.717) is 24.5 Å². The highest BCUT2D eigenvalue weighted by atomic mass is 16.5. The summed E-state index contributed by atoms with van der Waals surface area (Å²) >= 11 is 0. The van der Waals surface area contributed by atoms with Crippen LogP contribution in [0.4, 0.5) is 5.69 Å². The predicted octanol–water partition coefficient (Wildman–Crippen LogP) is 2.38. The Hall–Kier alpha value is -2.37. The molecular formula is C16H21NO5. The average molecular weight is 307 g/mol. The van der Waals surface area contributed by atoms with Gasteiger partial charge in [-0.3, -0.25) is 4.79 Å². The summed E-state index contributed by atoms with van der Waals surface area (Å²) in [5.74, 6) is 1.16. The summed E-state index contributed by atoms with van der Waals surface area (Å²) < 4.78 is 15.3. The third-order valence-corrected chi connectivity index (χ3v) is 3.78. The van der Waals surface area contributed by atoms with Crippen LogP contribution >= 0.6 is 0 Å². The number of allylic oxidation sites excluding steroid dienone is 1. The summed E-state index contributed by atoms with van der Waals surface area (Å²) in [5, 5.41) is 10.3. The van der Waals surface area contributed by atoms with Crippen LogP contribution in [0.2, 0.25) is 0 Å². The standard InChI is InChI=1S/C16H21NO5/c1-17-9-13(18)10(5-6-16(19)22-4)11-7-14(20-2)15(21-3)8-12(11)17/h7-8,18H,5-6,9H2,1-4H3. The van der Waals surface area contributed by atoms with Crippen molar-refractivity contribution in [2.75, 3.05) is 39.8 Å². The number of nitrogens with zero attached hydrogens (tertiary/aromatic N) is 1. The van der Waals surface area contributed by atoms with E-state index in [1.807, 2.05) is 24.1 Å². The number of carbonyl (C=O) groups is 1. The minimum absolute atomic E-state index is 0.216. The van der Waals surface area contributed by atoms with Crippen LogP contribution in [-0.2, 0) is 9.53 Å². The van der Waals surface area contributed by atoms with Crippen LogP contribution < -0.4 is 14.4 Å². The Morgan fingerprint density at radius 3 is 2.45 bits per heavy atom. The summed E-state index contributed by atoms with van der Waals surface area (Å²) in [4.78, 5) is 13.3. The van der Waals surface area contributed by atoms with Crippen molar-refractivity contribution >= 4 is 17.2 Å². The van der Waals surface area contributed by atoms with Gasteiger partial charge in [-0.2, -0.15) is 0 Å². The second-order valence-electron chi connectivity index (χ2n) is 5.08. The molecule has 1 heterocycles. The molecule has 0 aliphatic carbocycles. The van der Waals surface area contributed by atoms with Gasteiger partial charge < -0.3 is 24.2 Å². The molecule has 0 fully saturated rings. The van der Waals surface area contributed by atoms with Crippen LogP contribution in [0.15, 0.2) is 17.9 Å². The molecule has 0 amide bonds. The second kappa shape index (κ2) is 6.60. The fraction of sp³-hybridized carbons (Fsp3) is 0.438. The molecule has 120 valence electrons. The molecule has 0 saturated carbocycles. The SMILES string of the molecule is COC(=O)CCC1=C(O)CN(C)c2cc(OC)c(OC)cc21. The second-order valence-corrected chi connectivity index (χ2v) is 5.08. The number of rotatable bonds is 5. The average Bonchev–Trinajstić information content (AvgIpc) is 2.52. The van der Waals surface area contributed by atoms with E-state index < -0.39 is 0 Å². The maximum atomic E-state index is 11.4. The van der Waals surface area contributed by atoms with E-state index in [-0.39, 0.29) is 18.1 Å². The molecule has 6 heteroatoms. The van der Waals surface area contributed by atoms with Crippen LogP contribution in [0.5, 0.6) is 11.5 Å². The first-order valence-corrected chi connectivity index (χ1v) is 6.97. The van der Waals surface area contributed by atoms with E-state index in [9.17, 15) is 9.90 Å². The number of aliphatic hydroxyl groups is 1. The van der Waals surface area contributed by atoms with Gasteiger partial charge in [0, 0.05) is 36.4 Å². The van der Waals surface area contributed by atoms with Crippen LogP contribution in [0.3, 0.4) is 0 Å². The normalized spacial score (nSPS) is 13.7. The van der Waals surface area contributed by atoms with Crippen LogP contribution in [0.25, 0.3) is 5.57 Å². The van der Waals surface area contributed by atoms with E-state index in [2.05, 4.69) is 4.74 Å². The van der Waals surface area contributed by atoms with Gasteiger partial charge >= 0.3 is 5.97 Å². The van der Waals surface area contributed by atoms with Crippen molar-refractivity contribution in [2.45, 2.75) is 12.8 Å². The molecule has 0 aromatic heterocycles. The van der Waals surface area contributed by atoms with Crippen molar-refractivity contribution in [1.82, 2.24) is 0 Å². The third kappa shape index (κ3) is 2.95. The fourth-order valence-corrected chi connectivity index (χ4v) is 2.59. The van der Waals surface area contributed by atoms with E-state index in [4.69, 9.17) is 9.47 Å². The number of hydrogen-bond acceptors (Lipinski definition) is 6. The van der Waals surface area contributed by atoms with Gasteiger partial charge in [0.15, 0.2) is 11.5 Å². The number of likely N-dealkylation sites (N-methyl/N-ethyl adjacent to an activating group) is 1. The van der Waals surface area contributed by atoms with Gasteiger partial charge in [0.05, 0.1) is 27.9 Å². The number of ether oxygens (including phenoxy) is 3. The molecule has 1 N–H and O–H groups in total. The number of methoxy groups -OCH3 is 3. The molecule has 0 saturated heterocycles. The van der Waals surface area contributed by atoms with Gasteiger partial charge in [-0.05, 0) is 12.5 Å². The van der Waals surface area contributed by atoms with Crippen LogP contribution in [-0.4, -0.2) is 46.0 Å². The van der Waals surface area contributed by atoms with Gasteiger partial charge in [0.1, 0.15) is 5.76 Å². The summed E-state index contributed by atoms with van der Waals surface area (Å²) in [7, 11) is 6.39. The molecule has 22 heavy (non-hydrogen) atoms. The molecule has 1 aromatic rings. The monoisotopic (exact) mass is 307 g/mol. The number of esters is 1. The molecule has 0 spiro atoms. The molecule has 0 bridgehead atoms. The van der Waals surface area contributed by atoms with Crippen molar-refractivity contribution < 1.29 is 24.1 Å². The lowest BCUT2D eigenvalue weighted by molar-refractivity contribution is -0.140. The Balaban J connectivity index is 2.45. The van der Waals surface area contributed by atoms with Crippen molar-refractivity contribution in [3.63, 3.8) is 0 Å². The molecule has 2 rings (SSSR count). The highest BCUT2D eigenvalue weighted by molar-refractivity contribution is 5.85. The highest BCUT2D eigenvalue weighted by Gasteiger charge is 2.25. The maximum absolute atomic E-state index is 11.4. The number of hydrogen-bond donors (Lipinski definition) is 1. The Morgan fingerprint density at radius 2 is 1.86 bits per heavy atom. The number of fused-ring (bicyclic) bond motifs is 1. The van der Waals surface area contributed by atoms with Gasteiger partial charge in [-0.1, -0.05) is 0 Å². The predicted molar refractivity (Wildman–Crippen MR) is 83.6 cm³/mol. The van der Waals surface area contributed by atoms with E-state index >= 15 is 0 Å². The molecule has 1 aliphatic heterocycles. The molecule has 0 radical (unpaired) electrons. The van der Waals surface area contributed by atoms with Crippen LogP contribution in [0.1, 0.15) is 18.4 Å². The summed E-state index contributed by atoms with van der Waals surface area (Å²) in [6.45, 7) is 0.388. The number of aliphatic hydroxyl groups excluding tert-OH is 1. The minimum Gasteiger partial charge on any atom is -0.510 e. The Labute approximate surface area is 129 Å². The molecule has 0 atom stereocenters. The lowest BCUT2D eigenvalue weighted by Gasteiger charge is -2.30. The zero-order chi connectivity index (χ0) is 16.3. The van der Waals surface area contributed by atoms with E-state index in [1.165, 1.54) is 7.11 Å². The molecule has 0 unspecified atom stereocenters. The van der Waals surface area contributed by atoms with Gasteiger partial charge in [0.25, 0.3) is 0 Å². The highest BCUT2D eigenvalue weighted by Crippen LogP contribution is 2.42. The number of benzene rings is 1. The molecule has 1 aliphatic rings. The zero-order valence-corrected chi connectivity index (χ0v) is 13.3. The third-order valence-electron chi connectivity index (χ3n) is 3.78. The van der Waals surface area contributed by atoms with E-state index in [1.54, 1.807) is 14.2 Å². The quantitative estimate of drug-likeness (QED) is 0.842. The van der Waals surface area contributed by atoms with Crippen molar-refractivity contribution in [1.29, 1.82) is 0 Å². The van der Waals surface area contributed by atoms with Crippen molar-refractivity contribution in [3.05, 3.63) is 23.5 Å². The van der Waals surface area contributed by atoms with Gasteiger partial charge in [0.2, 0.25) is 0 Å². The first kappa shape index (κ1) is 16.0. The fourth-order valence-electron chi connectivity index (χ4n) is 2.59. The maximum Gasteiger partial charge on any atom is 0.305 e. The largest absolute Gasteiger partial charge is 0.510 e. The van der Waals surface area contributed by atoms with Crippen LogP contribution in [0, 0.1) is 0 Å². The molecular weight excluding hydrogens is 286 g/mol.